The Morgan fingerprint density at radius 3 is 2.92 bits per heavy atom. The number of ether oxygens (including phenoxy) is 2. The van der Waals surface area contributed by atoms with Gasteiger partial charge in [-0.15, -0.1) is 0 Å². The summed E-state index contributed by atoms with van der Waals surface area (Å²) in [6.07, 6.45) is 4.96. The molecule has 4 rings (SSSR count). The van der Waals surface area contributed by atoms with E-state index in [1.807, 2.05) is 11.6 Å². The van der Waals surface area contributed by atoms with Crippen LogP contribution in [0.2, 0.25) is 0 Å². The summed E-state index contributed by atoms with van der Waals surface area (Å²) in [5.74, 6) is 1.43. The third-order valence-corrected chi connectivity index (χ3v) is 5.06. The number of nitrogens with one attached hydrogen (secondary N) is 1. The second-order valence-corrected chi connectivity index (χ2v) is 7.05. The molecule has 0 bridgehead atoms. The van der Waals surface area contributed by atoms with Gasteiger partial charge in [-0.2, -0.15) is 5.10 Å². The number of fused-ring (bicyclic) bond motifs is 1. The first-order chi connectivity index (χ1) is 12.7. The average Bonchev–Trinajstić information content (AvgIpc) is 3.26. The van der Waals surface area contributed by atoms with Gasteiger partial charge in [-0.25, -0.2) is 0 Å². The molecule has 1 N–H and O–H groups in total. The molecule has 0 spiro atoms. The molecule has 0 aliphatic carbocycles. The van der Waals surface area contributed by atoms with Crippen LogP contribution < -0.4 is 5.32 Å². The first-order valence-electron chi connectivity index (χ1n) is 9.29. The van der Waals surface area contributed by atoms with Gasteiger partial charge in [0.15, 0.2) is 5.76 Å². The highest BCUT2D eigenvalue weighted by atomic mass is 16.5. The highest BCUT2D eigenvalue weighted by molar-refractivity contribution is 5.91. The van der Waals surface area contributed by atoms with Gasteiger partial charge in [0.1, 0.15) is 11.9 Å². The topological polar surface area (TPSA) is 78.5 Å². The van der Waals surface area contributed by atoms with Crippen LogP contribution in [0.25, 0.3) is 0 Å². The van der Waals surface area contributed by atoms with Gasteiger partial charge in [0.25, 0.3) is 5.91 Å². The van der Waals surface area contributed by atoms with Crippen molar-refractivity contribution in [2.24, 2.45) is 5.92 Å². The van der Waals surface area contributed by atoms with E-state index in [1.54, 1.807) is 12.1 Å². The molecule has 140 valence electrons. The zero-order valence-corrected chi connectivity index (χ0v) is 15.1. The van der Waals surface area contributed by atoms with Crippen LogP contribution in [0.5, 0.6) is 0 Å². The number of nitrogens with zero attached hydrogens (tertiary/aromatic N) is 2. The largest absolute Gasteiger partial charge is 0.456 e. The molecular weight excluding hydrogens is 334 g/mol. The Balaban J connectivity index is 1.39. The number of aryl methyl sites for hydroxylation is 1. The minimum absolute atomic E-state index is 0.213. The highest BCUT2D eigenvalue weighted by Gasteiger charge is 2.26. The number of amides is 1. The predicted molar refractivity (Wildman–Crippen MR) is 93.9 cm³/mol. The maximum absolute atomic E-state index is 12.2. The van der Waals surface area contributed by atoms with Gasteiger partial charge in [0.2, 0.25) is 0 Å². The van der Waals surface area contributed by atoms with E-state index < -0.39 is 0 Å². The quantitative estimate of drug-likeness (QED) is 0.886. The fourth-order valence-electron chi connectivity index (χ4n) is 3.60. The standard InChI is InChI=1S/C19H25N3O4/c1-13-2-3-16(26-13)19(23)20-10-17-18-15(6-9-25-17)12-22(21-18)11-14-4-7-24-8-5-14/h2-3,12,14,17H,4-11H2,1H3,(H,20,23)/t17-/m1/s1. The Kier molecular flexibility index (Phi) is 5.08. The molecule has 4 heterocycles. The molecule has 2 aliphatic rings. The molecule has 1 amide bonds. The smallest absolute Gasteiger partial charge is 0.287 e. The highest BCUT2D eigenvalue weighted by Crippen LogP contribution is 2.26. The Morgan fingerprint density at radius 1 is 1.31 bits per heavy atom. The molecule has 0 unspecified atom stereocenters. The van der Waals surface area contributed by atoms with Crippen LogP contribution in [0.4, 0.5) is 0 Å². The number of carbonyl (C=O) groups excluding carboxylic acids is 1. The first-order valence-corrected chi connectivity index (χ1v) is 9.29. The Bertz CT molecular complexity index is 761. The molecule has 0 aromatic carbocycles. The normalized spacial score (nSPS) is 20.7. The van der Waals surface area contributed by atoms with Crippen molar-refractivity contribution in [1.29, 1.82) is 0 Å². The Morgan fingerprint density at radius 2 is 2.15 bits per heavy atom. The number of hydrogen-bond acceptors (Lipinski definition) is 5. The van der Waals surface area contributed by atoms with Crippen LogP contribution in [0.3, 0.4) is 0 Å². The van der Waals surface area contributed by atoms with Crippen molar-refractivity contribution in [2.75, 3.05) is 26.4 Å². The van der Waals surface area contributed by atoms with Crippen LogP contribution in [0.1, 0.15) is 46.5 Å². The molecule has 2 aromatic rings. The van der Waals surface area contributed by atoms with Crippen molar-refractivity contribution in [2.45, 2.75) is 38.8 Å². The zero-order valence-electron chi connectivity index (χ0n) is 15.1. The van der Waals surface area contributed by atoms with Crippen LogP contribution in [-0.4, -0.2) is 42.1 Å². The summed E-state index contributed by atoms with van der Waals surface area (Å²) in [6, 6.07) is 3.46. The molecular formula is C19H25N3O4. The molecule has 1 fully saturated rings. The molecule has 7 nitrogen and oxygen atoms in total. The minimum Gasteiger partial charge on any atom is -0.456 e. The average molecular weight is 359 g/mol. The number of carbonyl (C=O) groups is 1. The van der Waals surface area contributed by atoms with Crippen molar-refractivity contribution >= 4 is 5.91 Å². The Labute approximate surface area is 152 Å². The maximum Gasteiger partial charge on any atom is 0.287 e. The third kappa shape index (κ3) is 3.83. The second-order valence-electron chi connectivity index (χ2n) is 7.05. The van der Waals surface area contributed by atoms with E-state index in [9.17, 15) is 4.79 Å². The van der Waals surface area contributed by atoms with E-state index in [0.717, 1.165) is 50.5 Å². The molecule has 7 heteroatoms. The minimum atomic E-state index is -0.226. The summed E-state index contributed by atoms with van der Waals surface area (Å²) < 4.78 is 18.7. The molecule has 26 heavy (non-hydrogen) atoms. The molecule has 2 aromatic heterocycles. The summed E-state index contributed by atoms with van der Waals surface area (Å²) in [7, 11) is 0. The Hall–Kier alpha value is -2.12. The van der Waals surface area contributed by atoms with E-state index in [-0.39, 0.29) is 12.0 Å². The van der Waals surface area contributed by atoms with E-state index >= 15 is 0 Å². The lowest BCUT2D eigenvalue weighted by molar-refractivity contribution is 0.0376. The lowest BCUT2D eigenvalue weighted by Crippen LogP contribution is -2.31. The fraction of sp³-hybridized carbons (Fsp3) is 0.579. The number of furan rings is 1. The van der Waals surface area contributed by atoms with Gasteiger partial charge < -0.3 is 19.2 Å². The number of hydrogen-bond donors (Lipinski definition) is 1. The van der Waals surface area contributed by atoms with Crippen LogP contribution in [0, 0.1) is 12.8 Å². The molecule has 1 saturated heterocycles. The lowest BCUT2D eigenvalue weighted by atomic mass is 10.0. The van der Waals surface area contributed by atoms with Crippen LogP contribution in [-0.2, 0) is 22.4 Å². The zero-order chi connectivity index (χ0) is 17.9. The summed E-state index contributed by atoms with van der Waals surface area (Å²) in [5, 5.41) is 7.65. The van der Waals surface area contributed by atoms with Crippen molar-refractivity contribution in [1.82, 2.24) is 15.1 Å². The van der Waals surface area contributed by atoms with Gasteiger partial charge in [-0.1, -0.05) is 0 Å². The van der Waals surface area contributed by atoms with Crippen molar-refractivity contribution in [3.05, 3.63) is 41.1 Å². The number of rotatable bonds is 5. The van der Waals surface area contributed by atoms with E-state index in [1.165, 1.54) is 5.56 Å². The van der Waals surface area contributed by atoms with E-state index in [0.29, 0.717) is 24.8 Å². The van der Waals surface area contributed by atoms with Gasteiger partial charge in [0, 0.05) is 32.5 Å². The predicted octanol–water partition coefficient (Wildman–Crippen LogP) is 2.25. The summed E-state index contributed by atoms with van der Waals surface area (Å²) in [6.45, 7) is 5.46. The summed E-state index contributed by atoms with van der Waals surface area (Å²) >= 11 is 0. The molecule has 0 radical (unpaired) electrons. The summed E-state index contributed by atoms with van der Waals surface area (Å²) in [4.78, 5) is 12.2. The van der Waals surface area contributed by atoms with Crippen molar-refractivity contribution in [3.63, 3.8) is 0 Å². The SMILES string of the molecule is Cc1ccc(C(=O)NC[C@H]2OCCc3cn(CC4CCOCC4)nc32)o1. The van der Waals surface area contributed by atoms with Gasteiger partial charge in [-0.3, -0.25) is 9.48 Å². The van der Waals surface area contributed by atoms with Crippen LogP contribution >= 0.6 is 0 Å². The molecule has 0 saturated carbocycles. The monoisotopic (exact) mass is 359 g/mol. The van der Waals surface area contributed by atoms with Gasteiger partial charge in [-0.05, 0) is 49.8 Å². The molecule has 2 aliphatic heterocycles. The maximum atomic E-state index is 12.2. The van der Waals surface area contributed by atoms with Gasteiger partial charge in [0.05, 0.1) is 12.3 Å². The second kappa shape index (κ2) is 7.63. The first kappa shape index (κ1) is 17.3. The molecule has 1 atom stereocenters. The van der Waals surface area contributed by atoms with Crippen LogP contribution in [0.15, 0.2) is 22.7 Å². The van der Waals surface area contributed by atoms with Crippen molar-refractivity contribution in [3.8, 4) is 0 Å². The van der Waals surface area contributed by atoms with Gasteiger partial charge >= 0.3 is 0 Å². The van der Waals surface area contributed by atoms with E-state index in [2.05, 4.69) is 11.5 Å². The van der Waals surface area contributed by atoms with E-state index in [4.69, 9.17) is 19.0 Å². The number of aromatic nitrogens is 2. The third-order valence-electron chi connectivity index (χ3n) is 5.06. The van der Waals surface area contributed by atoms with Crippen molar-refractivity contribution < 1.29 is 18.7 Å². The fourth-order valence-corrected chi connectivity index (χ4v) is 3.60. The summed E-state index contributed by atoms with van der Waals surface area (Å²) in [5.41, 5.74) is 2.16. The lowest BCUT2D eigenvalue weighted by Gasteiger charge is -2.22.